The summed E-state index contributed by atoms with van der Waals surface area (Å²) in [5, 5.41) is 0.389. The number of hydrogen-bond donors (Lipinski definition) is 1. The van der Waals surface area contributed by atoms with E-state index in [1.54, 1.807) is 13.0 Å². The molecule has 1 N–H and O–H groups in total. The minimum absolute atomic E-state index is 0.0760. The maximum Gasteiger partial charge on any atom is 0.193 e. The van der Waals surface area contributed by atoms with E-state index in [4.69, 9.17) is 0 Å². The normalized spacial score (nSPS) is 11.9. The number of benzene rings is 2. The quantitative estimate of drug-likeness (QED) is 0.652. The third-order valence-corrected chi connectivity index (χ3v) is 4.56. The number of pyridine rings is 1. The molecule has 3 heteroatoms. The number of halogens is 1. The van der Waals surface area contributed by atoms with Gasteiger partial charge in [0.2, 0.25) is 0 Å². The highest BCUT2D eigenvalue weighted by Gasteiger charge is 2.17. The second kappa shape index (κ2) is 5.59. The van der Waals surface area contributed by atoms with Crippen LogP contribution in [0.2, 0.25) is 0 Å². The van der Waals surface area contributed by atoms with Crippen molar-refractivity contribution in [2.75, 3.05) is 0 Å². The Morgan fingerprint density at radius 3 is 2.33 bits per heavy atom. The molecule has 2 aromatic carbocycles. The van der Waals surface area contributed by atoms with Crippen LogP contribution in [0.25, 0.3) is 22.2 Å². The van der Waals surface area contributed by atoms with Gasteiger partial charge >= 0.3 is 0 Å². The molecule has 0 saturated heterocycles. The fraction of sp³-hybridized carbons (Fsp3) is 0.286. The average Bonchev–Trinajstić information content (AvgIpc) is 2.51. The van der Waals surface area contributed by atoms with Crippen LogP contribution >= 0.6 is 0 Å². The van der Waals surface area contributed by atoms with Crippen LogP contribution in [0.3, 0.4) is 0 Å². The second-order valence-corrected chi connectivity index (χ2v) is 7.42. The smallest absolute Gasteiger partial charge is 0.193 e. The van der Waals surface area contributed by atoms with Crippen molar-refractivity contribution in [3.63, 3.8) is 0 Å². The Morgan fingerprint density at radius 1 is 1.00 bits per heavy atom. The van der Waals surface area contributed by atoms with Gasteiger partial charge in [0.1, 0.15) is 5.82 Å². The molecule has 0 radical (unpaired) electrons. The van der Waals surface area contributed by atoms with Crippen LogP contribution < -0.4 is 5.43 Å². The van der Waals surface area contributed by atoms with Gasteiger partial charge in [0.05, 0.1) is 5.69 Å². The minimum Gasteiger partial charge on any atom is -0.354 e. The van der Waals surface area contributed by atoms with E-state index in [9.17, 15) is 9.18 Å². The van der Waals surface area contributed by atoms with Crippen LogP contribution in [0.15, 0.2) is 41.2 Å². The molecule has 1 aromatic heterocycles. The lowest BCUT2D eigenvalue weighted by atomic mass is 9.85. The van der Waals surface area contributed by atoms with E-state index >= 15 is 0 Å². The van der Waals surface area contributed by atoms with Crippen molar-refractivity contribution in [1.82, 2.24) is 4.98 Å². The summed E-state index contributed by atoms with van der Waals surface area (Å²) in [4.78, 5) is 15.9. The van der Waals surface area contributed by atoms with Gasteiger partial charge in [0.25, 0.3) is 0 Å². The Morgan fingerprint density at radius 2 is 1.71 bits per heavy atom. The molecule has 0 bridgehead atoms. The number of rotatable bonds is 1. The van der Waals surface area contributed by atoms with Crippen LogP contribution in [-0.2, 0) is 5.41 Å². The third-order valence-electron chi connectivity index (χ3n) is 4.56. The van der Waals surface area contributed by atoms with Crippen molar-refractivity contribution in [2.45, 2.75) is 40.0 Å². The molecule has 0 aliphatic carbocycles. The summed E-state index contributed by atoms with van der Waals surface area (Å²) in [5.41, 5.74) is 5.39. The van der Waals surface area contributed by atoms with Crippen LogP contribution in [-0.4, -0.2) is 4.98 Å². The highest BCUT2D eigenvalue weighted by Crippen LogP contribution is 2.30. The molecule has 0 amide bonds. The molecular formula is C21H22FNO. The Bertz CT molecular complexity index is 993. The van der Waals surface area contributed by atoms with E-state index in [-0.39, 0.29) is 10.8 Å². The maximum absolute atomic E-state index is 13.4. The van der Waals surface area contributed by atoms with E-state index in [1.165, 1.54) is 17.7 Å². The lowest BCUT2D eigenvalue weighted by Gasteiger charge is -2.21. The Labute approximate surface area is 141 Å². The number of fused-ring (bicyclic) bond motifs is 1. The monoisotopic (exact) mass is 323 g/mol. The van der Waals surface area contributed by atoms with Crippen LogP contribution in [0, 0.1) is 19.7 Å². The average molecular weight is 323 g/mol. The molecule has 0 aliphatic heterocycles. The number of H-pyrrole nitrogens is 1. The van der Waals surface area contributed by atoms with Crippen molar-refractivity contribution in [3.05, 3.63) is 69.1 Å². The Balaban J connectivity index is 2.25. The van der Waals surface area contributed by atoms with E-state index < -0.39 is 5.82 Å². The van der Waals surface area contributed by atoms with E-state index in [0.29, 0.717) is 16.5 Å². The first-order valence-corrected chi connectivity index (χ1v) is 8.12. The molecule has 124 valence electrons. The number of aryl methyl sites for hydroxylation is 1. The van der Waals surface area contributed by atoms with Crippen LogP contribution in [0.5, 0.6) is 0 Å². The molecule has 0 saturated carbocycles. The largest absolute Gasteiger partial charge is 0.354 e. The molecule has 0 spiro atoms. The predicted octanol–water partition coefficient (Wildman–Crippen LogP) is 5.25. The van der Waals surface area contributed by atoms with Gasteiger partial charge in [-0.2, -0.15) is 0 Å². The molecule has 0 aliphatic rings. The first kappa shape index (κ1) is 16.4. The van der Waals surface area contributed by atoms with Gasteiger partial charge in [-0.1, -0.05) is 39.0 Å². The molecule has 2 nitrogen and oxygen atoms in total. The molecular weight excluding hydrogens is 301 g/mol. The van der Waals surface area contributed by atoms with Gasteiger partial charge in [-0.05, 0) is 48.6 Å². The van der Waals surface area contributed by atoms with Gasteiger partial charge in [-0.25, -0.2) is 4.39 Å². The van der Waals surface area contributed by atoms with Crippen molar-refractivity contribution in [2.24, 2.45) is 0 Å². The summed E-state index contributed by atoms with van der Waals surface area (Å²) < 4.78 is 13.4. The number of aromatic amines is 1. The Kier molecular flexibility index (Phi) is 3.83. The van der Waals surface area contributed by atoms with E-state index in [1.807, 2.05) is 0 Å². The molecule has 1 heterocycles. The van der Waals surface area contributed by atoms with E-state index in [2.05, 4.69) is 50.9 Å². The SMILES string of the molecule is Cc1cc(C(C)(C)C)ccc1-c1[nH]c2ccc(F)cc2c(=O)c1C. The summed E-state index contributed by atoms with van der Waals surface area (Å²) >= 11 is 0. The third kappa shape index (κ3) is 2.75. The molecule has 0 fully saturated rings. The topological polar surface area (TPSA) is 32.9 Å². The molecule has 3 aromatic rings. The first-order valence-electron chi connectivity index (χ1n) is 8.12. The number of aromatic nitrogens is 1. The van der Waals surface area contributed by atoms with Crippen molar-refractivity contribution in [3.8, 4) is 11.3 Å². The molecule has 24 heavy (non-hydrogen) atoms. The van der Waals surface area contributed by atoms with Gasteiger partial charge in [0.15, 0.2) is 5.43 Å². The molecule has 3 rings (SSSR count). The van der Waals surface area contributed by atoms with E-state index in [0.717, 1.165) is 16.8 Å². The Hall–Kier alpha value is -2.42. The zero-order chi connectivity index (χ0) is 17.6. The summed E-state index contributed by atoms with van der Waals surface area (Å²) in [5.74, 6) is -0.397. The lowest BCUT2D eigenvalue weighted by molar-refractivity contribution is 0.590. The number of hydrogen-bond acceptors (Lipinski definition) is 1. The second-order valence-electron chi connectivity index (χ2n) is 7.42. The van der Waals surface area contributed by atoms with Crippen molar-refractivity contribution < 1.29 is 4.39 Å². The predicted molar refractivity (Wildman–Crippen MR) is 98.1 cm³/mol. The zero-order valence-electron chi connectivity index (χ0n) is 14.8. The van der Waals surface area contributed by atoms with Gasteiger partial charge in [-0.3, -0.25) is 4.79 Å². The summed E-state index contributed by atoms with van der Waals surface area (Å²) in [6.45, 7) is 10.4. The van der Waals surface area contributed by atoms with Crippen LogP contribution in [0.4, 0.5) is 4.39 Å². The van der Waals surface area contributed by atoms with Crippen LogP contribution in [0.1, 0.15) is 37.5 Å². The minimum atomic E-state index is -0.397. The van der Waals surface area contributed by atoms with Gasteiger partial charge < -0.3 is 4.98 Å². The fourth-order valence-corrected chi connectivity index (χ4v) is 3.04. The van der Waals surface area contributed by atoms with Crippen molar-refractivity contribution in [1.29, 1.82) is 0 Å². The highest BCUT2D eigenvalue weighted by atomic mass is 19.1. The number of nitrogens with one attached hydrogen (secondary N) is 1. The maximum atomic E-state index is 13.4. The first-order chi connectivity index (χ1) is 11.2. The standard InChI is InChI=1S/C21H22FNO/c1-12-10-14(21(3,4)5)6-8-16(12)19-13(2)20(24)17-11-15(22)7-9-18(17)23-19/h6-11H,1-5H3,(H,23,24). The zero-order valence-corrected chi connectivity index (χ0v) is 14.8. The van der Waals surface area contributed by atoms with Gasteiger partial charge in [0, 0.05) is 22.0 Å². The van der Waals surface area contributed by atoms with Gasteiger partial charge in [-0.15, -0.1) is 0 Å². The van der Waals surface area contributed by atoms with Crippen molar-refractivity contribution >= 4 is 10.9 Å². The fourth-order valence-electron chi connectivity index (χ4n) is 3.04. The summed E-state index contributed by atoms with van der Waals surface area (Å²) in [7, 11) is 0. The lowest BCUT2D eigenvalue weighted by Crippen LogP contribution is -2.12. The molecule has 0 unspecified atom stereocenters. The summed E-state index contributed by atoms with van der Waals surface area (Å²) in [6, 6.07) is 10.6. The summed E-state index contributed by atoms with van der Waals surface area (Å²) in [6.07, 6.45) is 0. The highest BCUT2D eigenvalue weighted by molar-refractivity contribution is 5.83. The molecule has 0 atom stereocenters.